The van der Waals surface area contributed by atoms with Crippen LogP contribution in [0.15, 0.2) is 30.3 Å². The Morgan fingerprint density at radius 2 is 1.86 bits per heavy atom. The number of hydrogen-bond donors (Lipinski definition) is 1. The van der Waals surface area contributed by atoms with E-state index >= 15 is 0 Å². The number of carbonyl (C=O) groups is 2. The minimum Gasteiger partial charge on any atom is -0.444 e. The number of nitrogens with one attached hydrogen (secondary N) is 1. The van der Waals surface area contributed by atoms with Gasteiger partial charge in [-0.25, -0.2) is 4.79 Å². The molecular formula is C18H23NO3. The minimum atomic E-state index is -0.488. The number of ether oxygens (including phenoxy) is 1. The molecular weight excluding hydrogens is 278 g/mol. The van der Waals surface area contributed by atoms with Crippen molar-refractivity contribution < 1.29 is 14.3 Å². The largest absolute Gasteiger partial charge is 0.444 e. The molecule has 1 aliphatic rings. The quantitative estimate of drug-likeness (QED) is 0.841. The van der Waals surface area contributed by atoms with Crippen molar-refractivity contribution in [3.63, 3.8) is 0 Å². The summed E-state index contributed by atoms with van der Waals surface area (Å²) in [4.78, 5) is 23.3. The molecule has 1 aliphatic carbocycles. The molecule has 1 saturated carbocycles. The molecule has 2 rings (SSSR count). The van der Waals surface area contributed by atoms with Crippen LogP contribution in [0.4, 0.5) is 4.79 Å². The summed E-state index contributed by atoms with van der Waals surface area (Å²) < 4.78 is 5.14. The molecule has 1 fully saturated rings. The van der Waals surface area contributed by atoms with Crippen molar-refractivity contribution in [1.82, 2.24) is 5.32 Å². The van der Waals surface area contributed by atoms with Gasteiger partial charge in [-0.15, -0.1) is 0 Å². The van der Waals surface area contributed by atoms with Crippen LogP contribution in [0.5, 0.6) is 0 Å². The summed E-state index contributed by atoms with van der Waals surface area (Å²) in [5.41, 5.74) is 1.29. The third-order valence-electron chi connectivity index (χ3n) is 3.22. The second kappa shape index (κ2) is 6.77. The van der Waals surface area contributed by atoms with E-state index in [0.29, 0.717) is 6.54 Å². The zero-order valence-corrected chi connectivity index (χ0v) is 13.4. The maximum absolute atomic E-state index is 11.9. The van der Waals surface area contributed by atoms with Gasteiger partial charge < -0.3 is 10.1 Å². The van der Waals surface area contributed by atoms with Gasteiger partial charge in [-0.3, -0.25) is 4.79 Å². The average Bonchev–Trinajstić information content (AvgIpc) is 3.26. The highest BCUT2D eigenvalue weighted by molar-refractivity contribution is 5.99. The summed E-state index contributed by atoms with van der Waals surface area (Å²) in [5, 5.41) is 2.66. The highest BCUT2D eigenvalue weighted by atomic mass is 16.6. The Morgan fingerprint density at radius 1 is 1.23 bits per heavy atom. The monoisotopic (exact) mass is 301 g/mol. The van der Waals surface area contributed by atoms with E-state index in [2.05, 4.69) is 5.32 Å². The van der Waals surface area contributed by atoms with Gasteiger partial charge in [0.25, 0.3) is 0 Å². The standard InChI is InChI=1S/C18H23NO3/c1-18(2,3)22-17(21)19-12-4-5-13-6-8-14(9-7-13)16(20)15-10-11-15/h4-9,15H,10-12H2,1-3H3,(H,19,21). The van der Waals surface area contributed by atoms with Crippen LogP contribution in [0.25, 0.3) is 6.08 Å². The van der Waals surface area contributed by atoms with Gasteiger partial charge in [0.2, 0.25) is 0 Å². The summed E-state index contributed by atoms with van der Waals surface area (Å²) in [6, 6.07) is 7.56. The topological polar surface area (TPSA) is 55.4 Å². The Morgan fingerprint density at radius 3 is 2.41 bits per heavy atom. The molecule has 4 heteroatoms. The van der Waals surface area contributed by atoms with Crippen LogP contribution in [-0.2, 0) is 4.74 Å². The highest BCUT2D eigenvalue weighted by Crippen LogP contribution is 2.32. The number of hydrogen-bond acceptors (Lipinski definition) is 3. The smallest absolute Gasteiger partial charge is 0.407 e. The molecule has 0 saturated heterocycles. The van der Waals surface area contributed by atoms with E-state index < -0.39 is 11.7 Å². The van der Waals surface area contributed by atoms with Crippen LogP contribution in [0.1, 0.15) is 49.5 Å². The van der Waals surface area contributed by atoms with Crippen LogP contribution in [0, 0.1) is 5.92 Å². The lowest BCUT2D eigenvalue weighted by molar-refractivity contribution is 0.0534. The lowest BCUT2D eigenvalue weighted by Crippen LogP contribution is -2.32. The van der Waals surface area contributed by atoms with Crippen LogP contribution in [0.2, 0.25) is 0 Å². The first-order valence-corrected chi connectivity index (χ1v) is 7.63. The molecule has 1 aromatic carbocycles. The van der Waals surface area contributed by atoms with Crippen molar-refractivity contribution in [3.05, 3.63) is 41.5 Å². The van der Waals surface area contributed by atoms with E-state index in [1.165, 1.54) is 0 Å². The third-order valence-corrected chi connectivity index (χ3v) is 3.22. The molecule has 1 N–H and O–H groups in total. The molecule has 0 aromatic heterocycles. The molecule has 0 atom stereocenters. The Balaban J connectivity index is 1.78. The van der Waals surface area contributed by atoms with Gasteiger partial charge in [0.15, 0.2) is 5.78 Å². The zero-order chi connectivity index (χ0) is 16.2. The van der Waals surface area contributed by atoms with Crippen LogP contribution >= 0.6 is 0 Å². The molecule has 0 aliphatic heterocycles. The molecule has 0 spiro atoms. The summed E-state index contributed by atoms with van der Waals surface area (Å²) in [5.74, 6) is 0.501. The molecule has 118 valence electrons. The van der Waals surface area contributed by atoms with E-state index in [9.17, 15) is 9.59 Å². The lowest BCUT2D eigenvalue weighted by atomic mass is 10.1. The fourth-order valence-electron chi connectivity index (χ4n) is 1.99. The number of alkyl carbamates (subject to hydrolysis) is 1. The van der Waals surface area contributed by atoms with Crippen molar-refractivity contribution in [2.75, 3.05) is 6.54 Å². The normalized spacial score (nSPS) is 14.9. The van der Waals surface area contributed by atoms with Gasteiger partial charge in [0, 0.05) is 18.0 Å². The second-order valence-corrected chi connectivity index (χ2v) is 6.55. The first kappa shape index (κ1) is 16.3. The maximum Gasteiger partial charge on any atom is 0.407 e. The number of ketones is 1. The Hall–Kier alpha value is -2.10. The summed E-state index contributed by atoms with van der Waals surface area (Å²) in [6.45, 7) is 5.88. The predicted octanol–water partition coefficient (Wildman–Crippen LogP) is 3.82. The summed E-state index contributed by atoms with van der Waals surface area (Å²) in [7, 11) is 0. The van der Waals surface area contributed by atoms with Crippen molar-refractivity contribution in [3.8, 4) is 0 Å². The number of Topliss-reactive ketones (excluding diaryl/α,β-unsaturated/α-hetero) is 1. The average molecular weight is 301 g/mol. The Labute approximate surface area is 131 Å². The summed E-state index contributed by atoms with van der Waals surface area (Å²) >= 11 is 0. The van der Waals surface area contributed by atoms with E-state index in [1.807, 2.05) is 57.2 Å². The van der Waals surface area contributed by atoms with Crippen LogP contribution in [0.3, 0.4) is 0 Å². The van der Waals surface area contributed by atoms with Crippen molar-refractivity contribution in [1.29, 1.82) is 0 Å². The molecule has 4 nitrogen and oxygen atoms in total. The van der Waals surface area contributed by atoms with Gasteiger partial charge in [-0.1, -0.05) is 36.4 Å². The predicted molar refractivity (Wildman–Crippen MR) is 86.8 cm³/mol. The van der Waals surface area contributed by atoms with Gasteiger partial charge in [-0.2, -0.15) is 0 Å². The molecule has 0 unspecified atom stereocenters. The molecule has 22 heavy (non-hydrogen) atoms. The van der Waals surface area contributed by atoms with E-state index in [-0.39, 0.29) is 11.7 Å². The van der Waals surface area contributed by atoms with Gasteiger partial charge in [-0.05, 0) is 39.2 Å². The van der Waals surface area contributed by atoms with Crippen molar-refractivity contribution in [2.45, 2.75) is 39.2 Å². The molecule has 1 amide bonds. The second-order valence-electron chi connectivity index (χ2n) is 6.55. The number of benzene rings is 1. The molecule has 1 aromatic rings. The first-order valence-electron chi connectivity index (χ1n) is 7.63. The highest BCUT2D eigenvalue weighted by Gasteiger charge is 2.30. The first-order chi connectivity index (χ1) is 10.3. The fourth-order valence-corrected chi connectivity index (χ4v) is 1.99. The Kier molecular flexibility index (Phi) is 5.01. The van der Waals surface area contributed by atoms with Crippen LogP contribution < -0.4 is 5.32 Å². The zero-order valence-electron chi connectivity index (χ0n) is 13.4. The minimum absolute atomic E-state index is 0.249. The Bertz CT molecular complexity index is 563. The summed E-state index contributed by atoms with van der Waals surface area (Å²) in [6.07, 6.45) is 5.38. The number of amides is 1. The van der Waals surface area contributed by atoms with E-state index in [0.717, 1.165) is 24.0 Å². The molecule has 0 bridgehead atoms. The lowest BCUT2D eigenvalue weighted by Gasteiger charge is -2.19. The van der Waals surface area contributed by atoms with Crippen molar-refractivity contribution in [2.24, 2.45) is 5.92 Å². The van der Waals surface area contributed by atoms with Gasteiger partial charge in [0.1, 0.15) is 5.60 Å². The van der Waals surface area contributed by atoms with Gasteiger partial charge >= 0.3 is 6.09 Å². The molecule has 0 heterocycles. The SMILES string of the molecule is CC(C)(C)OC(=O)NCC=Cc1ccc(C(=O)C2CC2)cc1. The van der Waals surface area contributed by atoms with E-state index in [4.69, 9.17) is 4.74 Å². The fraction of sp³-hybridized carbons (Fsp3) is 0.444. The van der Waals surface area contributed by atoms with Gasteiger partial charge in [0.05, 0.1) is 0 Å². The number of rotatable bonds is 5. The molecule has 0 radical (unpaired) electrons. The third kappa shape index (κ3) is 5.35. The van der Waals surface area contributed by atoms with E-state index in [1.54, 1.807) is 0 Å². The number of carbonyl (C=O) groups excluding carboxylic acids is 2. The van der Waals surface area contributed by atoms with Crippen molar-refractivity contribution >= 4 is 18.0 Å². The maximum atomic E-state index is 11.9. The van der Waals surface area contributed by atoms with Crippen LogP contribution in [-0.4, -0.2) is 24.0 Å².